The summed E-state index contributed by atoms with van der Waals surface area (Å²) in [4.78, 5) is 12.2. The number of H-pyrrole nitrogens is 1. The molecule has 1 aromatic rings. The number of nitrogens with one attached hydrogen (secondary N) is 2. The summed E-state index contributed by atoms with van der Waals surface area (Å²) < 4.78 is 0. The van der Waals surface area contributed by atoms with Crippen LogP contribution in [0.15, 0.2) is 0 Å². The van der Waals surface area contributed by atoms with Crippen molar-refractivity contribution in [2.75, 3.05) is 6.61 Å². The van der Waals surface area contributed by atoms with Crippen molar-refractivity contribution in [2.24, 2.45) is 5.92 Å². The van der Waals surface area contributed by atoms with Gasteiger partial charge in [-0.05, 0) is 25.2 Å². The average Bonchev–Trinajstić information content (AvgIpc) is 2.96. The van der Waals surface area contributed by atoms with Gasteiger partial charge >= 0.3 is 0 Å². The molecule has 0 spiro atoms. The van der Waals surface area contributed by atoms with Gasteiger partial charge in [-0.3, -0.25) is 9.89 Å². The van der Waals surface area contributed by atoms with E-state index in [-0.39, 0.29) is 24.5 Å². The molecule has 18 heavy (non-hydrogen) atoms. The molecular formula is C13H21N3O2. The Morgan fingerprint density at radius 2 is 2.33 bits per heavy atom. The number of nitrogens with zero attached hydrogens (tertiary/aromatic N) is 1. The summed E-state index contributed by atoms with van der Waals surface area (Å²) in [6, 6.07) is -0.198. The lowest BCUT2D eigenvalue weighted by molar-refractivity contribution is 0.0885. The van der Waals surface area contributed by atoms with Crippen LogP contribution in [0.4, 0.5) is 0 Å². The number of carbonyl (C=O) groups is 1. The first-order valence-corrected chi connectivity index (χ1v) is 6.65. The molecule has 3 N–H and O–H groups in total. The summed E-state index contributed by atoms with van der Waals surface area (Å²) in [6.07, 6.45) is 3.90. The largest absolute Gasteiger partial charge is 0.394 e. The van der Waals surface area contributed by atoms with Crippen molar-refractivity contribution in [3.63, 3.8) is 0 Å². The minimum absolute atomic E-state index is 0.0344. The number of hydrogen-bond donors (Lipinski definition) is 3. The molecule has 0 aromatic carbocycles. The van der Waals surface area contributed by atoms with Crippen molar-refractivity contribution in [3.8, 4) is 0 Å². The van der Waals surface area contributed by atoms with Gasteiger partial charge in [0.1, 0.15) is 0 Å². The number of aromatic amines is 1. The SMILES string of the molecule is CC[C@@H](C)[C@@H](CO)NC(=O)c1n[nH]c2c1CCC2. The van der Waals surface area contributed by atoms with Crippen molar-refractivity contribution in [3.05, 3.63) is 17.0 Å². The molecule has 0 unspecified atom stereocenters. The third kappa shape index (κ3) is 2.41. The summed E-state index contributed by atoms with van der Waals surface area (Å²) in [5.74, 6) is 0.0830. The number of aliphatic hydroxyl groups excluding tert-OH is 1. The molecule has 0 fully saturated rings. The lowest BCUT2D eigenvalue weighted by Crippen LogP contribution is -2.42. The van der Waals surface area contributed by atoms with E-state index in [4.69, 9.17) is 0 Å². The van der Waals surface area contributed by atoms with E-state index in [0.717, 1.165) is 36.9 Å². The quantitative estimate of drug-likeness (QED) is 0.731. The van der Waals surface area contributed by atoms with Crippen LogP contribution >= 0.6 is 0 Å². The highest BCUT2D eigenvalue weighted by molar-refractivity contribution is 5.94. The first kappa shape index (κ1) is 13.1. The Kier molecular flexibility index (Phi) is 4.01. The Morgan fingerprint density at radius 3 is 3.00 bits per heavy atom. The van der Waals surface area contributed by atoms with E-state index in [0.29, 0.717) is 5.69 Å². The van der Waals surface area contributed by atoms with Crippen LogP contribution < -0.4 is 5.32 Å². The summed E-state index contributed by atoms with van der Waals surface area (Å²) in [6.45, 7) is 4.04. The van der Waals surface area contributed by atoms with Crippen LogP contribution in [0.5, 0.6) is 0 Å². The number of aromatic nitrogens is 2. The molecule has 0 radical (unpaired) electrons. The van der Waals surface area contributed by atoms with Crippen LogP contribution in [-0.2, 0) is 12.8 Å². The maximum atomic E-state index is 12.2. The maximum absolute atomic E-state index is 12.2. The molecule has 1 aromatic heterocycles. The van der Waals surface area contributed by atoms with E-state index in [1.54, 1.807) is 0 Å². The minimum Gasteiger partial charge on any atom is -0.394 e. The molecule has 1 aliphatic carbocycles. The zero-order valence-corrected chi connectivity index (χ0v) is 11.0. The second-order valence-electron chi connectivity index (χ2n) is 5.03. The van der Waals surface area contributed by atoms with Gasteiger partial charge in [-0.25, -0.2) is 0 Å². The highest BCUT2D eigenvalue weighted by atomic mass is 16.3. The van der Waals surface area contributed by atoms with Crippen molar-refractivity contribution < 1.29 is 9.90 Å². The standard InChI is InChI=1S/C13H21N3O2/c1-3-8(2)11(7-17)14-13(18)12-9-5-4-6-10(9)15-16-12/h8,11,17H,3-7H2,1-2H3,(H,14,18)(H,15,16)/t8-,11-/m1/s1. The predicted octanol–water partition coefficient (Wildman–Crippen LogP) is 1.04. The van der Waals surface area contributed by atoms with E-state index in [2.05, 4.69) is 15.5 Å². The van der Waals surface area contributed by atoms with Crippen molar-refractivity contribution in [1.29, 1.82) is 0 Å². The van der Waals surface area contributed by atoms with Gasteiger partial charge in [0.2, 0.25) is 0 Å². The third-order valence-corrected chi connectivity index (χ3v) is 3.87. The first-order valence-electron chi connectivity index (χ1n) is 6.65. The van der Waals surface area contributed by atoms with E-state index in [1.165, 1.54) is 0 Å². The number of aliphatic hydroxyl groups is 1. The number of aryl methyl sites for hydroxylation is 1. The first-order chi connectivity index (χ1) is 8.67. The highest BCUT2D eigenvalue weighted by Crippen LogP contribution is 2.22. The second-order valence-corrected chi connectivity index (χ2v) is 5.03. The molecule has 2 atom stereocenters. The lowest BCUT2D eigenvalue weighted by atomic mass is 9.99. The van der Waals surface area contributed by atoms with E-state index in [1.807, 2.05) is 13.8 Å². The zero-order chi connectivity index (χ0) is 13.1. The van der Waals surface area contributed by atoms with E-state index >= 15 is 0 Å². The van der Waals surface area contributed by atoms with Gasteiger partial charge in [0.05, 0.1) is 12.6 Å². The van der Waals surface area contributed by atoms with Crippen molar-refractivity contribution in [2.45, 2.75) is 45.6 Å². The molecule has 0 saturated carbocycles. The smallest absolute Gasteiger partial charge is 0.272 e. The average molecular weight is 251 g/mol. The van der Waals surface area contributed by atoms with Gasteiger partial charge < -0.3 is 10.4 Å². The minimum atomic E-state index is -0.198. The van der Waals surface area contributed by atoms with Crippen molar-refractivity contribution >= 4 is 5.91 Å². The molecule has 0 aliphatic heterocycles. The van der Waals surface area contributed by atoms with Crippen molar-refractivity contribution in [1.82, 2.24) is 15.5 Å². The van der Waals surface area contributed by atoms with Crippen LogP contribution in [0.3, 0.4) is 0 Å². The molecule has 5 heteroatoms. The van der Waals surface area contributed by atoms with Crippen LogP contribution in [0, 0.1) is 5.92 Å². The molecule has 1 heterocycles. The van der Waals surface area contributed by atoms with Gasteiger partial charge in [-0.1, -0.05) is 20.3 Å². The number of carbonyl (C=O) groups excluding carboxylic acids is 1. The summed E-state index contributed by atoms with van der Waals surface area (Å²) in [7, 11) is 0. The fourth-order valence-electron chi connectivity index (χ4n) is 2.40. The Bertz CT molecular complexity index is 428. The molecule has 0 bridgehead atoms. The molecular weight excluding hydrogens is 230 g/mol. The fourth-order valence-corrected chi connectivity index (χ4v) is 2.40. The Balaban J connectivity index is 2.07. The molecule has 2 rings (SSSR count). The van der Waals surface area contributed by atoms with Gasteiger partial charge in [0, 0.05) is 11.3 Å². The number of fused-ring (bicyclic) bond motifs is 1. The van der Waals surface area contributed by atoms with Gasteiger partial charge in [0.15, 0.2) is 5.69 Å². The fraction of sp³-hybridized carbons (Fsp3) is 0.692. The molecule has 100 valence electrons. The molecule has 1 aliphatic rings. The zero-order valence-electron chi connectivity index (χ0n) is 11.0. The third-order valence-electron chi connectivity index (χ3n) is 3.87. The number of hydrogen-bond acceptors (Lipinski definition) is 3. The summed E-state index contributed by atoms with van der Waals surface area (Å²) in [5.41, 5.74) is 2.64. The highest BCUT2D eigenvalue weighted by Gasteiger charge is 2.25. The Hall–Kier alpha value is -1.36. The monoisotopic (exact) mass is 251 g/mol. The topological polar surface area (TPSA) is 78.0 Å². The lowest BCUT2D eigenvalue weighted by Gasteiger charge is -2.21. The van der Waals surface area contributed by atoms with Crippen LogP contribution in [0.2, 0.25) is 0 Å². The van der Waals surface area contributed by atoms with E-state index in [9.17, 15) is 9.90 Å². The maximum Gasteiger partial charge on any atom is 0.272 e. The molecule has 1 amide bonds. The Morgan fingerprint density at radius 1 is 1.56 bits per heavy atom. The predicted molar refractivity (Wildman–Crippen MR) is 68.4 cm³/mol. The summed E-state index contributed by atoms with van der Waals surface area (Å²) >= 11 is 0. The van der Waals surface area contributed by atoms with Gasteiger partial charge in [-0.2, -0.15) is 5.10 Å². The van der Waals surface area contributed by atoms with Gasteiger partial charge in [0.25, 0.3) is 5.91 Å². The normalized spacial score (nSPS) is 17.3. The van der Waals surface area contributed by atoms with Crippen LogP contribution in [-0.4, -0.2) is 33.9 Å². The summed E-state index contributed by atoms with van der Waals surface area (Å²) in [5, 5.41) is 19.2. The number of rotatable bonds is 5. The molecule has 5 nitrogen and oxygen atoms in total. The Labute approximate surface area is 107 Å². The second kappa shape index (κ2) is 5.52. The number of amides is 1. The van der Waals surface area contributed by atoms with Gasteiger partial charge in [-0.15, -0.1) is 0 Å². The van der Waals surface area contributed by atoms with Crippen LogP contribution in [0.1, 0.15) is 48.4 Å². The molecule has 0 saturated heterocycles. The van der Waals surface area contributed by atoms with E-state index < -0.39 is 0 Å². The van der Waals surface area contributed by atoms with Crippen LogP contribution in [0.25, 0.3) is 0 Å².